The molecule has 134 valence electrons. The fourth-order valence-corrected chi connectivity index (χ4v) is 2.48. The molecule has 1 heterocycles. The van der Waals surface area contributed by atoms with Gasteiger partial charge in [0.25, 0.3) is 0 Å². The van der Waals surface area contributed by atoms with E-state index in [9.17, 15) is 9.59 Å². The molecule has 0 aliphatic rings. The molecule has 2 amide bonds. The highest BCUT2D eigenvalue weighted by Crippen LogP contribution is 2.24. The van der Waals surface area contributed by atoms with Crippen molar-refractivity contribution in [2.45, 2.75) is 40.0 Å². The molecule has 2 N–H and O–H groups in total. The van der Waals surface area contributed by atoms with Crippen molar-refractivity contribution in [3.8, 4) is 11.5 Å². The summed E-state index contributed by atoms with van der Waals surface area (Å²) >= 11 is 0. The molecule has 0 saturated heterocycles. The zero-order valence-electron chi connectivity index (χ0n) is 15.0. The highest BCUT2D eigenvalue weighted by atomic mass is 16.4. The van der Waals surface area contributed by atoms with Crippen LogP contribution in [0.1, 0.15) is 36.8 Å². The predicted molar refractivity (Wildman–Crippen MR) is 96.0 cm³/mol. The second-order valence-electron chi connectivity index (χ2n) is 6.05. The number of nitrogens with zero attached hydrogens (tertiary/aromatic N) is 1. The molecule has 0 spiro atoms. The van der Waals surface area contributed by atoms with Crippen molar-refractivity contribution in [2.75, 3.05) is 13.1 Å². The van der Waals surface area contributed by atoms with Crippen molar-refractivity contribution in [1.82, 2.24) is 15.6 Å². The van der Waals surface area contributed by atoms with E-state index >= 15 is 0 Å². The molecule has 2 rings (SSSR count). The molecular formula is C19H25N3O3. The van der Waals surface area contributed by atoms with E-state index in [0.29, 0.717) is 30.4 Å². The van der Waals surface area contributed by atoms with Gasteiger partial charge in [0.15, 0.2) is 0 Å². The summed E-state index contributed by atoms with van der Waals surface area (Å²) in [6, 6.07) is 7.87. The first-order chi connectivity index (χ1) is 12.0. The fourth-order valence-electron chi connectivity index (χ4n) is 2.48. The van der Waals surface area contributed by atoms with Gasteiger partial charge in [-0.25, -0.2) is 4.98 Å². The van der Waals surface area contributed by atoms with Gasteiger partial charge in [0.05, 0.1) is 12.1 Å². The van der Waals surface area contributed by atoms with E-state index in [-0.39, 0.29) is 18.2 Å². The first-order valence-electron chi connectivity index (χ1n) is 8.51. The van der Waals surface area contributed by atoms with Crippen LogP contribution < -0.4 is 10.6 Å². The lowest BCUT2D eigenvalue weighted by molar-refractivity contribution is -0.121. The molecule has 25 heavy (non-hydrogen) atoms. The highest BCUT2D eigenvalue weighted by Gasteiger charge is 2.15. The van der Waals surface area contributed by atoms with Crippen LogP contribution in [0.25, 0.3) is 11.5 Å². The number of carbonyl (C=O) groups is 2. The SMILES string of the molecule is CC(=O)NCCCCNC(=O)Cc1nc(-c2ccccc2C)oc1C. The van der Waals surface area contributed by atoms with Crippen LogP contribution in [0.2, 0.25) is 0 Å². The number of rotatable bonds is 8. The van der Waals surface area contributed by atoms with Crippen LogP contribution in [-0.2, 0) is 16.0 Å². The lowest BCUT2D eigenvalue weighted by Crippen LogP contribution is -2.27. The summed E-state index contributed by atoms with van der Waals surface area (Å²) in [5, 5.41) is 5.60. The molecule has 2 aromatic rings. The third-order valence-electron chi connectivity index (χ3n) is 3.90. The van der Waals surface area contributed by atoms with E-state index in [0.717, 1.165) is 24.0 Å². The Labute approximate surface area is 148 Å². The number of oxazole rings is 1. The fraction of sp³-hybridized carbons (Fsp3) is 0.421. The summed E-state index contributed by atoms with van der Waals surface area (Å²) in [4.78, 5) is 27.3. The first-order valence-corrected chi connectivity index (χ1v) is 8.51. The average molecular weight is 343 g/mol. The number of carbonyl (C=O) groups excluding carboxylic acids is 2. The van der Waals surface area contributed by atoms with Crippen molar-refractivity contribution < 1.29 is 14.0 Å². The molecule has 1 aromatic heterocycles. The third kappa shape index (κ3) is 5.74. The average Bonchev–Trinajstić information content (AvgIpc) is 2.91. The van der Waals surface area contributed by atoms with Gasteiger partial charge in [-0.05, 0) is 38.3 Å². The summed E-state index contributed by atoms with van der Waals surface area (Å²) in [7, 11) is 0. The second kappa shape index (κ2) is 9.01. The van der Waals surface area contributed by atoms with Gasteiger partial charge in [-0.2, -0.15) is 0 Å². The normalized spacial score (nSPS) is 10.5. The van der Waals surface area contributed by atoms with Gasteiger partial charge in [0.2, 0.25) is 17.7 Å². The molecule has 0 aliphatic carbocycles. The monoisotopic (exact) mass is 343 g/mol. The van der Waals surface area contributed by atoms with Gasteiger partial charge >= 0.3 is 0 Å². The molecule has 6 nitrogen and oxygen atoms in total. The summed E-state index contributed by atoms with van der Waals surface area (Å²) in [5.41, 5.74) is 2.68. The number of amides is 2. The third-order valence-corrected chi connectivity index (χ3v) is 3.90. The standard InChI is InChI=1S/C19H25N3O3/c1-13-8-4-5-9-16(13)19-22-17(14(2)25-19)12-18(24)21-11-7-6-10-20-15(3)23/h4-5,8-9H,6-7,10-12H2,1-3H3,(H,20,23)(H,21,24). The van der Waals surface area contributed by atoms with E-state index < -0.39 is 0 Å². The number of hydrogen-bond acceptors (Lipinski definition) is 4. The van der Waals surface area contributed by atoms with Crippen LogP contribution >= 0.6 is 0 Å². The van der Waals surface area contributed by atoms with Crippen molar-refractivity contribution in [2.24, 2.45) is 0 Å². The lowest BCUT2D eigenvalue weighted by Gasteiger charge is -2.04. The van der Waals surface area contributed by atoms with Crippen molar-refractivity contribution in [3.63, 3.8) is 0 Å². The van der Waals surface area contributed by atoms with Gasteiger partial charge in [-0.3, -0.25) is 9.59 Å². The molecule has 0 unspecified atom stereocenters. The maximum absolute atomic E-state index is 12.1. The molecule has 0 atom stereocenters. The van der Waals surface area contributed by atoms with Crippen molar-refractivity contribution >= 4 is 11.8 Å². The Kier molecular flexibility index (Phi) is 6.74. The predicted octanol–water partition coefficient (Wildman–Crippen LogP) is 2.53. The van der Waals surface area contributed by atoms with Crippen LogP contribution in [-0.4, -0.2) is 29.9 Å². The Morgan fingerprint density at radius 1 is 1.08 bits per heavy atom. The zero-order valence-corrected chi connectivity index (χ0v) is 15.0. The van der Waals surface area contributed by atoms with Crippen LogP contribution in [0, 0.1) is 13.8 Å². The van der Waals surface area contributed by atoms with Crippen molar-refractivity contribution in [1.29, 1.82) is 0 Å². The maximum atomic E-state index is 12.1. The van der Waals surface area contributed by atoms with Gasteiger partial charge in [0, 0.05) is 25.6 Å². The van der Waals surface area contributed by atoms with Crippen LogP contribution in [0.4, 0.5) is 0 Å². The Hall–Kier alpha value is -2.63. The topological polar surface area (TPSA) is 84.2 Å². The maximum Gasteiger partial charge on any atom is 0.226 e. The van der Waals surface area contributed by atoms with Gasteiger partial charge in [-0.1, -0.05) is 18.2 Å². The van der Waals surface area contributed by atoms with Gasteiger partial charge in [-0.15, -0.1) is 0 Å². The quantitative estimate of drug-likeness (QED) is 0.722. The summed E-state index contributed by atoms with van der Waals surface area (Å²) in [5.74, 6) is 1.11. The Balaban J connectivity index is 1.83. The Morgan fingerprint density at radius 2 is 1.76 bits per heavy atom. The van der Waals surface area contributed by atoms with Crippen LogP contribution in [0.3, 0.4) is 0 Å². The minimum absolute atomic E-state index is 0.0324. The molecule has 0 saturated carbocycles. The van der Waals surface area contributed by atoms with Crippen LogP contribution in [0.15, 0.2) is 28.7 Å². The first kappa shape index (κ1) is 18.7. The molecule has 6 heteroatoms. The summed E-state index contributed by atoms with van der Waals surface area (Å²) in [6.45, 7) is 6.54. The number of benzene rings is 1. The smallest absolute Gasteiger partial charge is 0.226 e. The second-order valence-corrected chi connectivity index (χ2v) is 6.05. The van der Waals surface area contributed by atoms with Gasteiger partial charge < -0.3 is 15.1 Å². The van der Waals surface area contributed by atoms with Crippen molar-refractivity contribution in [3.05, 3.63) is 41.3 Å². The molecule has 0 fully saturated rings. The Bertz CT molecular complexity index is 737. The highest BCUT2D eigenvalue weighted by molar-refractivity contribution is 5.78. The van der Waals surface area contributed by atoms with E-state index in [1.165, 1.54) is 6.92 Å². The Morgan fingerprint density at radius 3 is 2.44 bits per heavy atom. The van der Waals surface area contributed by atoms with Crippen LogP contribution in [0.5, 0.6) is 0 Å². The number of aryl methyl sites for hydroxylation is 2. The van der Waals surface area contributed by atoms with Gasteiger partial charge in [0.1, 0.15) is 5.76 Å². The largest absolute Gasteiger partial charge is 0.441 e. The molecular weight excluding hydrogens is 318 g/mol. The number of hydrogen-bond donors (Lipinski definition) is 2. The number of unbranched alkanes of at least 4 members (excludes halogenated alkanes) is 1. The van der Waals surface area contributed by atoms with E-state index in [2.05, 4.69) is 15.6 Å². The summed E-state index contributed by atoms with van der Waals surface area (Å²) < 4.78 is 5.73. The number of aromatic nitrogens is 1. The van der Waals surface area contributed by atoms with E-state index in [1.54, 1.807) is 0 Å². The number of nitrogens with one attached hydrogen (secondary N) is 2. The molecule has 0 radical (unpaired) electrons. The molecule has 1 aromatic carbocycles. The molecule has 0 bridgehead atoms. The molecule has 0 aliphatic heterocycles. The van der Waals surface area contributed by atoms with E-state index in [4.69, 9.17) is 4.42 Å². The summed E-state index contributed by atoms with van der Waals surface area (Å²) in [6.07, 6.45) is 1.85. The lowest BCUT2D eigenvalue weighted by atomic mass is 10.1. The minimum Gasteiger partial charge on any atom is -0.441 e. The minimum atomic E-state index is -0.0766. The van der Waals surface area contributed by atoms with E-state index in [1.807, 2.05) is 38.1 Å². The zero-order chi connectivity index (χ0) is 18.2.